The van der Waals surface area contributed by atoms with E-state index in [1.54, 1.807) is 0 Å². The molecule has 0 spiro atoms. The Morgan fingerprint density at radius 2 is 1.69 bits per heavy atom. The van der Waals surface area contributed by atoms with Crippen molar-refractivity contribution in [2.75, 3.05) is 0 Å². The quantitative estimate of drug-likeness (QED) is 0.775. The highest BCUT2D eigenvalue weighted by atomic mass is 32.2. The molecule has 0 aromatic heterocycles. The molecule has 0 aliphatic rings. The SMILES string of the molecule is Cc1cccc(C)c1CS(N)(=O)=O. The summed E-state index contributed by atoms with van der Waals surface area (Å²) in [6, 6.07) is 5.67. The molecule has 0 fully saturated rings. The van der Waals surface area contributed by atoms with Crippen LogP contribution in [0.3, 0.4) is 0 Å². The Morgan fingerprint density at radius 1 is 1.23 bits per heavy atom. The third-order valence-corrected chi connectivity index (χ3v) is 2.68. The molecule has 1 aromatic carbocycles. The normalized spacial score (nSPS) is 11.6. The van der Waals surface area contributed by atoms with E-state index in [0.29, 0.717) is 0 Å². The van der Waals surface area contributed by atoms with Gasteiger partial charge in [0.25, 0.3) is 0 Å². The fourth-order valence-corrected chi connectivity index (χ4v) is 2.14. The zero-order chi connectivity index (χ0) is 10.1. The molecule has 13 heavy (non-hydrogen) atoms. The number of sulfonamides is 1. The second kappa shape index (κ2) is 3.47. The predicted molar refractivity (Wildman–Crippen MR) is 52.7 cm³/mol. The van der Waals surface area contributed by atoms with Gasteiger partial charge in [0.05, 0.1) is 5.75 Å². The maximum Gasteiger partial charge on any atom is 0.213 e. The number of hydrogen-bond donors (Lipinski definition) is 1. The minimum Gasteiger partial charge on any atom is -0.228 e. The smallest absolute Gasteiger partial charge is 0.213 e. The van der Waals surface area contributed by atoms with Gasteiger partial charge in [0.2, 0.25) is 10.0 Å². The number of hydrogen-bond acceptors (Lipinski definition) is 2. The molecular formula is C9H13NO2S. The number of benzene rings is 1. The maximum atomic E-state index is 10.9. The zero-order valence-electron chi connectivity index (χ0n) is 7.74. The summed E-state index contributed by atoms with van der Waals surface area (Å²) in [4.78, 5) is 0. The average molecular weight is 199 g/mol. The highest BCUT2D eigenvalue weighted by molar-refractivity contribution is 7.88. The van der Waals surface area contributed by atoms with Gasteiger partial charge in [0.1, 0.15) is 0 Å². The minimum absolute atomic E-state index is 0.0779. The summed E-state index contributed by atoms with van der Waals surface area (Å²) in [5.74, 6) is -0.0779. The van der Waals surface area contributed by atoms with Crippen LogP contribution in [-0.4, -0.2) is 8.42 Å². The number of nitrogens with two attached hydrogens (primary N) is 1. The van der Waals surface area contributed by atoms with E-state index in [4.69, 9.17) is 5.14 Å². The molecule has 0 saturated heterocycles. The molecule has 0 heterocycles. The lowest BCUT2D eigenvalue weighted by atomic mass is 10.1. The largest absolute Gasteiger partial charge is 0.228 e. The molecule has 0 unspecified atom stereocenters. The summed E-state index contributed by atoms with van der Waals surface area (Å²) >= 11 is 0. The van der Waals surface area contributed by atoms with E-state index in [1.807, 2.05) is 32.0 Å². The Morgan fingerprint density at radius 3 is 2.08 bits per heavy atom. The van der Waals surface area contributed by atoms with Crippen molar-refractivity contribution in [2.24, 2.45) is 5.14 Å². The van der Waals surface area contributed by atoms with E-state index in [1.165, 1.54) is 0 Å². The van der Waals surface area contributed by atoms with Gasteiger partial charge in [-0.25, -0.2) is 13.6 Å². The van der Waals surface area contributed by atoms with Crippen molar-refractivity contribution in [3.05, 3.63) is 34.9 Å². The number of primary sulfonamides is 1. The van der Waals surface area contributed by atoms with Crippen molar-refractivity contribution in [3.63, 3.8) is 0 Å². The summed E-state index contributed by atoms with van der Waals surface area (Å²) in [5, 5.41) is 4.98. The molecule has 0 radical (unpaired) electrons. The predicted octanol–water partition coefficient (Wildman–Crippen LogP) is 1.09. The molecule has 0 amide bonds. The molecule has 0 atom stereocenters. The van der Waals surface area contributed by atoms with Crippen LogP contribution in [0.15, 0.2) is 18.2 Å². The molecule has 4 heteroatoms. The lowest BCUT2D eigenvalue weighted by molar-refractivity contribution is 0.596. The average Bonchev–Trinajstić information content (AvgIpc) is 1.95. The van der Waals surface area contributed by atoms with Crippen molar-refractivity contribution in [1.29, 1.82) is 0 Å². The third-order valence-electron chi connectivity index (χ3n) is 1.99. The molecule has 2 N–H and O–H groups in total. The van der Waals surface area contributed by atoms with Gasteiger partial charge in [-0.15, -0.1) is 0 Å². The monoisotopic (exact) mass is 199 g/mol. The summed E-state index contributed by atoms with van der Waals surface area (Å²) in [7, 11) is -3.42. The lowest BCUT2D eigenvalue weighted by Crippen LogP contribution is -2.15. The van der Waals surface area contributed by atoms with E-state index in [2.05, 4.69) is 0 Å². The van der Waals surface area contributed by atoms with Gasteiger partial charge >= 0.3 is 0 Å². The van der Waals surface area contributed by atoms with Crippen molar-refractivity contribution < 1.29 is 8.42 Å². The van der Waals surface area contributed by atoms with E-state index < -0.39 is 10.0 Å². The Kier molecular flexibility index (Phi) is 2.73. The van der Waals surface area contributed by atoms with Gasteiger partial charge in [0.15, 0.2) is 0 Å². The van der Waals surface area contributed by atoms with Gasteiger partial charge in [-0.2, -0.15) is 0 Å². The Hall–Kier alpha value is -0.870. The highest BCUT2D eigenvalue weighted by Crippen LogP contribution is 2.14. The molecular weight excluding hydrogens is 186 g/mol. The van der Waals surface area contributed by atoms with E-state index in [0.717, 1.165) is 16.7 Å². The van der Waals surface area contributed by atoms with Crippen LogP contribution in [0.4, 0.5) is 0 Å². The van der Waals surface area contributed by atoms with E-state index in [-0.39, 0.29) is 5.75 Å². The molecule has 3 nitrogen and oxygen atoms in total. The Labute approximate surface area is 78.6 Å². The first-order chi connectivity index (χ1) is 5.90. The molecule has 0 aliphatic heterocycles. The summed E-state index contributed by atoms with van der Waals surface area (Å²) < 4.78 is 21.8. The van der Waals surface area contributed by atoms with Crippen LogP contribution in [-0.2, 0) is 15.8 Å². The van der Waals surface area contributed by atoms with E-state index in [9.17, 15) is 8.42 Å². The van der Waals surface area contributed by atoms with Crippen LogP contribution in [0.2, 0.25) is 0 Å². The number of rotatable bonds is 2. The van der Waals surface area contributed by atoms with Crippen LogP contribution in [0.5, 0.6) is 0 Å². The van der Waals surface area contributed by atoms with Crippen LogP contribution in [0.25, 0.3) is 0 Å². The second-order valence-corrected chi connectivity index (χ2v) is 4.79. The first-order valence-corrected chi connectivity index (χ1v) is 5.67. The number of aryl methyl sites for hydroxylation is 2. The van der Waals surface area contributed by atoms with Gasteiger partial charge < -0.3 is 0 Å². The van der Waals surface area contributed by atoms with Crippen molar-refractivity contribution in [3.8, 4) is 0 Å². The van der Waals surface area contributed by atoms with Crippen LogP contribution in [0, 0.1) is 13.8 Å². The summed E-state index contributed by atoms with van der Waals surface area (Å²) in [5.41, 5.74) is 2.74. The summed E-state index contributed by atoms with van der Waals surface area (Å²) in [6.07, 6.45) is 0. The highest BCUT2D eigenvalue weighted by Gasteiger charge is 2.09. The maximum absolute atomic E-state index is 10.9. The zero-order valence-corrected chi connectivity index (χ0v) is 8.56. The van der Waals surface area contributed by atoms with Crippen molar-refractivity contribution >= 4 is 10.0 Å². The second-order valence-electron chi connectivity index (χ2n) is 3.18. The fourth-order valence-electron chi connectivity index (χ4n) is 1.28. The molecule has 0 bridgehead atoms. The minimum atomic E-state index is -3.42. The fraction of sp³-hybridized carbons (Fsp3) is 0.333. The van der Waals surface area contributed by atoms with Crippen molar-refractivity contribution in [1.82, 2.24) is 0 Å². The standard InChI is InChI=1S/C9H13NO2S/c1-7-4-3-5-8(2)9(7)6-13(10,11)12/h3-5H,6H2,1-2H3,(H2,10,11,12). The van der Waals surface area contributed by atoms with Gasteiger partial charge in [-0.05, 0) is 30.5 Å². The van der Waals surface area contributed by atoms with E-state index >= 15 is 0 Å². The topological polar surface area (TPSA) is 60.2 Å². The van der Waals surface area contributed by atoms with Gasteiger partial charge in [-0.3, -0.25) is 0 Å². The van der Waals surface area contributed by atoms with Gasteiger partial charge in [0, 0.05) is 0 Å². The Bertz CT molecular complexity index is 389. The van der Waals surface area contributed by atoms with Gasteiger partial charge in [-0.1, -0.05) is 18.2 Å². The lowest BCUT2D eigenvalue weighted by Gasteiger charge is -2.07. The van der Waals surface area contributed by atoms with Crippen LogP contribution >= 0.6 is 0 Å². The van der Waals surface area contributed by atoms with Crippen molar-refractivity contribution in [2.45, 2.75) is 19.6 Å². The first kappa shape index (κ1) is 10.2. The van der Waals surface area contributed by atoms with Crippen LogP contribution < -0.4 is 5.14 Å². The third kappa shape index (κ3) is 2.82. The van der Waals surface area contributed by atoms with Crippen LogP contribution in [0.1, 0.15) is 16.7 Å². The molecule has 72 valence electrons. The molecule has 1 aromatic rings. The molecule has 0 aliphatic carbocycles. The summed E-state index contributed by atoms with van der Waals surface area (Å²) in [6.45, 7) is 3.76. The molecule has 0 saturated carbocycles. The first-order valence-electron chi connectivity index (χ1n) is 3.96. The molecule has 1 rings (SSSR count). The Balaban J connectivity index is 3.15.